The van der Waals surface area contributed by atoms with E-state index in [2.05, 4.69) is 0 Å². The van der Waals surface area contributed by atoms with Gasteiger partial charge in [0.2, 0.25) is 0 Å². The molecule has 0 atom stereocenters. The maximum Gasteiger partial charge on any atom is 0.416 e. The Morgan fingerprint density at radius 1 is 0.667 bits per heavy atom. The summed E-state index contributed by atoms with van der Waals surface area (Å²) >= 11 is 0. The molecule has 6 nitrogen and oxygen atoms in total. The van der Waals surface area contributed by atoms with E-state index >= 15 is 0 Å². The van der Waals surface area contributed by atoms with Crippen molar-refractivity contribution in [2.45, 2.75) is 12.4 Å². The van der Waals surface area contributed by atoms with Crippen molar-refractivity contribution in [2.75, 3.05) is 14.2 Å². The van der Waals surface area contributed by atoms with Crippen LogP contribution in [-0.2, 0) is 12.4 Å². The Hall–Kier alpha value is -3.44. The summed E-state index contributed by atoms with van der Waals surface area (Å²) in [6.07, 6.45) is -10.2. The van der Waals surface area contributed by atoms with Crippen LogP contribution in [0.15, 0.2) is 36.4 Å². The molecule has 0 heterocycles. The van der Waals surface area contributed by atoms with Crippen molar-refractivity contribution < 1.29 is 45.4 Å². The number of halogens is 6. The fraction of sp³-hybridized carbons (Fsp3) is 0.222. The van der Waals surface area contributed by atoms with Crippen molar-refractivity contribution in [3.8, 4) is 11.5 Å². The topological polar surface area (TPSA) is 76.7 Å². The van der Waals surface area contributed by atoms with E-state index < -0.39 is 40.9 Å². The van der Waals surface area contributed by atoms with Crippen LogP contribution in [-0.4, -0.2) is 26.0 Å². The highest BCUT2D eigenvalue weighted by molar-refractivity contribution is 5.99. The fourth-order valence-corrected chi connectivity index (χ4v) is 2.28. The second-order valence-electron chi connectivity index (χ2n) is 5.80. The molecule has 0 aliphatic carbocycles. The molecule has 2 aromatic carbocycles. The van der Waals surface area contributed by atoms with E-state index in [1.165, 1.54) is 32.4 Å². The molecule has 0 saturated carbocycles. The summed E-state index contributed by atoms with van der Waals surface area (Å²) in [5.74, 6) is -1.82. The molecule has 12 heteroatoms. The summed E-state index contributed by atoms with van der Waals surface area (Å²) in [6.45, 7) is 0. The van der Waals surface area contributed by atoms with E-state index in [1.807, 2.05) is 5.43 Å². The summed E-state index contributed by atoms with van der Waals surface area (Å²) in [5.41, 5.74) is -0.636. The Labute approximate surface area is 165 Å². The van der Waals surface area contributed by atoms with Crippen molar-refractivity contribution in [1.82, 2.24) is 10.9 Å². The van der Waals surface area contributed by atoms with Gasteiger partial charge in [-0.15, -0.1) is 0 Å². The summed E-state index contributed by atoms with van der Waals surface area (Å²) < 4.78 is 87.3. The van der Waals surface area contributed by atoms with Gasteiger partial charge in [0.1, 0.15) is 11.5 Å². The van der Waals surface area contributed by atoms with Crippen LogP contribution < -0.4 is 20.3 Å². The Balaban J connectivity index is 2.25. The number of hydrogen-bond acceptors (Lipinski definition) is 4. The monoisotopic (exact) mass is 436 g/mol. The van der Waals surface area contributed by atoms with Gasteiger partial charge in [-0.3, -0.25) is 20.4 Å². The second kappa shape index (κ2) is 8.51. The molecule has 0 unspecified atom stereocenters. The first kappa shape index (κ1) is 22.8. The van der Waals surface area contributed by atoms with Gasteiger partial charge in [0.15, 0.2) is 0 Å². The molecule has 2 rings (SSSR count). The summed E-state index contributed by atoms with van der Waals surface area (Å²) in [4.78, 5) is 24.2. The van der Waals surface area contributed by atoms with Crippen LogP contribution in [0.3, 0.4) is 0 Å². The number of alkyl halides is 6. The minimum atomic E-state index is -5.11. The Kier molecular flexibility index (Phi) is 6.48. The highest BCUT2D eigenvalue weighted by atomic mass is 19.4. The largest absolute Gasteiger partial charge is 0.497 e. The third-order valence-corrected chi connectivity index (χ3v) is 3.75. The lowest BCUT2D eigenvalue weighted by Crippen LogP contribution is -2.41. The fourth-order valence-electron chi connectivity index (χ4n) is 2.28. The van der Waals surface area contributed by atoms with Crippen molar-refractivity contribution in [2.24, 2.45) is 0 Å². The molecule has 162 valence electrons. The third-order valence-electron chi connectivity index (χ3n) is 3.75. The zero-order valence-electron chi connectivity index (χ0n) is 15.4. The lowest BCUT2D eigenvalue weighted by atomic mass is 10.0. The molecule has 0 radical (unpaired) electrons. The Morgan fingerprint density at radius 3 is 1.37 bits per heavy atom. The SMILES string of the molecule is COc1cc(OC)cc(C(=O)NNC(=O)c2cc(C(F)(F)F)cc(C(F)(F)F)c2)c1. The summed E-state index contributed by atoms with van der Waals surface area (Å²) in [6, 6.07) is 4.37. The minimum Gasteiger partial charge on any atom is -0.497 e. The molecular formula is C18H14F6N2O4. The zero-order valence-corrected chi connectivity index (χ0v) is 15.4. The van der Waals surface area contributed by atoms with Crippen molar-refractivity contribution >= 4 is 11.8 Å². The number of rotatable bonds is 4. The number of methoxy groups -OCH3 is 2. The molecule has 0 spiro atoms. The molecule has 0 fully saturated rings. The lowest BCUT2D eigenvalue weighted by molar-refractivity contribution is -0.143. The third kappa shape index (κ3) is 5.55. The van der Waals surface area contributed by atoms with Gasteiger partial charge in [-0.25, -0.2) is 0 Å². The number of carbonyl (C=O) groups is 2. The molecule has 0 aliphatic rings. The van der Waals surface area contributed by atoms with Gasteiger partial charge in [0.25, 0.3) is 11.8 Å². The molecule has 0 bridgehead atoms. The summed E-state index contributed by atoms with van der Waals surface area (Å²) in [7, 11) is 2.65. The molecule has 2 N–H and O–H groups in total. The first-order chi connectivity index (χ1) is 13.8. The number of amides is 2. The molecule has 0 aromatic heterocycles. The molecule has 2 amide bonds. The lowest BCUT2D eigenvalue weighted by Gasteiger charge is -2.14. The number of carbonyl (C=O) groups excluding carboxylic acids is 2. The number of hydrazine groups is 1. The van der Waals surface area contributed by atoms with E-state index in [0.29, 0.717) is 0 Å². The number of ether oxygens (including phenoxy) is 2. The van der Waals surface area contributed by atoms with Crippen molar-refractivity contribution in [3.63, 3.8) is 0 Å². The Bertz CT molecular complexity index is 902. The van der Waals surface area contributed by atoms with Crippen LogP contribution in [0.5, 0.6) is 11.5 Å². The predicted molar refractivity (Wildman–Crippen MR) is 90.9 cm³/mol. The van der Waals surface area contributed by atoms with E-state index in [1.54, 1.807) is 5.43 Å². The van der Waals surface area contributed by atoms with Crippen molar-refractivity contribution in [1.29, 1.82) is 0 Å². The molecule has 2 aromatic rings. The average Bonchev–Trinajstić information content (AvgIpc) is 2.69. The molecule has 0 aliphatic heterocycles. The van der Waals surface area contributed by atoms with Crippen LogP contribution in [0.25, 0.3) is 0 Å². The highest BCUT2D eigenvalue weighted by Gasteiger charge is 2.37. The standard InChI is InChI=1S/C18H14F6N2O4/c1-29-13-5-10(6-14(8-13)30-2)16(28)26-25-15(27)9-3-11(17(19,20)21)7-12(4-9)18(22,23)24/h3-8H,1-2H3,(H,25,27)(H,26,28). The quantitative estimate of drug-likeness (QED) is 0.565. The van der Waals surface area contributed by atoms with E-state index in [-0.39, 0.29) is 35.3 Å². The van der Waals surface area contributed by atoms with Crippen LogP contribution in [0.2, 0.25) is 0 Å². The van der Waals surface area contributed by atoms with Crippen LogP contribution in [0.1, 0.15) is 31.8 Å². The number of nitrogens with one attached hydrogen (secondary N) is 2. The second-order valence-corrected chi connectivity index (χ2v) is 5.80. The normalized spacial score (nSPS) is 11.6. The highest BCUT2D eigenvalue weighted by Crippen LogP contribution is 2.36. The van der Waals surface area contributed by atoms with E-state index in [0.717, 1.165) is 0 Å². The van der Waals surface area contributed by atoms with Crippen LogP contribution in [0.4, 0.5) is 26.3 Å². The van der Waals surface area contributed by atoms with E-state index in [9.17, 15) is 35.9 Å². The van der Waals surface area contributed by atoms with Crippen LogP contribution in [0, 0.1) is 0 Å². The minimum absolute atomic E-state index is 0.0495. The Morgan fingerprint density at radius 2 is 1.03 bits per heavy atom. The van der Waals surface area contributed by atoms with Gasteiger partial charge in [-0.1, -0.05) is 0 Å². The van der Waals surface area contributed by atoms with E-state index in [4.69, 9.17) is 9.47 Å². The molecule has 30 heavy (non-hydrogen) atoms. The maximum absolute atomic E-state index is 12.9. The van der Waals surface area contributed by atoms with Gasteiger partial charge < -0.3 is 9.47 Å². The van der Waals surface area contributed by atoms with Crippen LogP contribution >= 0.6 is 0 Å². The van der Waals surface area contributed by atoms with Gasteiger partial charge in [-0.2, -0.15) is 26.3 Å². The maximum atomic E-state index is 12.9. The molecule has 0 saturated heterocycles. The number of benzene rings is 2. The van der Waals surface area contributed by atoms with Gasteiger partial charge in [0.05, 0.1) is 25.3 Å². The first-order valence-electron chi connectivity index (χ1n) is 7.98. The molecular weight excluding hydrogens is 422 g/mol. The predicted octanol–water partition coefficient (Wildman–Crippen LogP) is 3.82. The average molecular weight is 436 g/mol. The number of hydrogen-bond donors (Lipinski definition) is 2. The smallest absolute Gasteiger partial charge is 0.416 e. The van der Waals surface area contributed by atoms with Gasteiger partial charge >= 0.3 is 12.4 Å². The van der Waals surface area contributed by atoms with Gasteiger partial charge in [-0.05, 0) is 30.3 Å². The first-order valence-corrected chi connectivity index (χ1v) is 7.98. The van der Waals surface area contributed by atoms with Crippen molar-refractivity contribution in [3.05, 3.63) is 58.7 Å². The van der Waals surface area contributed by atoms with Gasteiger partial charge in [0, 0.05) is 17.2 Å². The summed E-state index contributed by atoms with van der Waals surface area (Å²) in [5, 5.41) is 0. The zero-order chi connectivity index (χ0) is 22.7.